The largest absolute Gasteiger partial charge is 0.480 e. The van der Waals surface area contributed by atoms with E-state index >= 15 is 0 Å². The highest BCUT2D eigenvalue weighted by Gasteiger charge is 2.33. The summed E-state index contributed by atoms with van der Waals surface area (Å²) in [6, 6.07) is 3.03. The van der Waals surface area contributed by atoms with Crippen LogP contribution in [0.25, 0.3) is 10.9 Å². The maximum Gasteiger partial charge on any atom is 0.326 e. The van der Waals surface area contributed by atoms with E-state index in [0.29, 0.717) is 5.75 Å². The highest BCUT2D eigenvalue weighted by atomic mass is 32.2. The molecule has 0 aliphatic heterocycles. The van der Waals surface area contributed by atoms with Crippen molar-refractivity contribution < 1.29 is 29.4 Å². The summed E-state index contributed by atoms with van der Waals surface area (Å²) in [5.41, 5.74) is 7.86. The number of para-hydroxylation sites is 1. The number of hydrogen-bond donors (Lipinski definition) is 7. The van der Waals surface area contributed by atoms with E-state index in [1.807, 2.05) is 30.5 Å². The molecule has 2 aromatic rings. The number of fused-ring (bicyclic) bond motifs is 1. The van der Waals surface area contributed by atoms with E-state index in [1.54, 1.807) is 20.0 Å². The van der Waals surface area contributed by atoms with Gasteiger partial charge in [-0.2, -0.15) is 11.8 Å². The zero-order valence-corrected chi connectivity index (χ0v) is 22.3. The molecule has 5 unspecified atom stereocenters. The summed E-state index contributed by atoms with van der Waals surface area (Å²) < 4.78 is 0. The molecule has 2 rings (SSSR count). The van der Waals surface area contributed by atoms with Crippen molar-refractivity contribution in [3.8, 4) is 0 Å². The minimum Gasteiger partial charge on any atom is -0.480 e. The average Bonchev–Trinajstić information content (AvgIpc) is 3.25. The monoisotopic (exact) mass is 535 g/mol. The van der Waals surface area contributed by atoms with Crippen molar-refractivity contribution in [2.24, 2.45) is 11.7 Å². The first-order valence-corrected chi connectivity index (χ1v) is 13.5. The van der Waals surface area contributed by atoms with Gasteiger partial charge < -0.3 is 36.9 Å². The molecule has 37 heavy (non-hydrogen) atoms. The SMILES string of the molecule is CSCCC(NC(=O)C(NC(=O)C(N)Cc1c[nH]c2ccccc12)C(C)O)C(=O)NC(C(=O)O)C(C)C. The van der Waals surface area contributed by atoms with Gasteiger partial charge in [0.15, 0.2) is 0 Å². The van der Waals surface area contributed by atoms with Crippen LogP contribution >= 0.6 is 11.8 Å². The molecule has 1 heterocycles. The topological polar surface area (TPSA) is 187 Å². The molecule has 3 amide bonds. The van der Waals surface area contributed by atoms with Crippen molar-refractivity contribution in [1.29, 1.82) is 0 Å². The van der Waals surface area contributed by atoms with Gasteiger partial charge in [0.25, 0.3) is 0 Å². The molecule has 204 valence electrons. The van der Waals surface area contributed by atoms with Gasteiger partial charge in [0.05, 0.1) is 12.1 Å². The van der Waals surface area contributed by atoms with E-state index in [4.69, 9.17) is 5.73 Å². The minimum atomic E-state index is -1.37. The number of thioether (sulfide) groups is 1. The first kappa shape index (κ1) is 30.1. The Morgan fingerprint density at radius 2 is 1.65 bits per heavy atom. The molecule has 11 nitrogen and oxygen atoms in total. The summed E-state index contributed by atoms with van der Waals surface area (Å²) in [4.78, 5) is 53.3. The van der Waals surface area contributed by atoms with Gasteiger partial charge in [0.1, 0.15) is 18.1 Å². The van der Waals surface area contributed by atoms with Crippen LogP contribution in [0.3, 0.4) is 0 Å². The standard InChI is InChI=1S/C25H37N5O6S/c1-13(2)20(25(35)36)29-23(33)19(9-10-37-4)28-24(34)21(14(3)31)30-22(32)17(26)11-15-12-27-18-8-6-5-7-16(15)18/h5-8,12-14,17,19-21,27,31H,9-11,26H2,1-4H3,(H,28,34)(H,29,33)(H,30,32)(H,35,36). The summed E-state index contributed by atoms with van der Waals surface area (Å²) in [6.45, 7) is 4.66. The number of aliphatic hydroxyl groups excluding tert-OH is 1. The van der Waals surface area contributed by atoms with E-state index in [9.17, 15) is 29.4 Å². The van der Waals surface area contributed by atoms with E-state index < -0.39 is 54.0 Å². The quantitative estimate of drug-likeness (QED) is 0.181. The van der Waals surface area contributed by atoms with Crippen molar-refractivity contribution >= 4 is 46.4 Å². The molecule has 0 bridgehead atoms. The van der Waals surface area contributed by atoms with Gasteiger partial charge in [-0.25, -0.2) is 4.79 Å². The molecule has 0 fully saturated rings. The normalized spacial score (nSPS) is 15.4. The van der Waals surface area contributed by atoms with Crippen LogP contribution in [-0.2, 0) is 25.6 Å². The molecular weight excluding hydrogens is 498 g/mol. The fourth-order valence-corrected chi connectivity index (χ4v) is 4.30. The lowest BCUT2D eigenvalue weighted by Crippen LogP contribution is -2.60. The molecule has 12 heteroatoms. The summed E-state index contributed by atoms with van der Waals surface area (Å²) in [5.74, 6) is -3.12. The minimum absolute atomic E-state index is 0.203. The van der Waals surface area contributed by atoms with Gasteiger partial charge in [-0.15, -0.1) is 0 Å². The molecule has 0 saturated carbocycles. The first-order chi connectivity index (χ1) is 17.5. The number of hydrogen-bond acceptors (Lipinski definition) is 7. The zero-order valence-electron chi connectivity index (χ0n) is 21.5. The van der Waals surface area contributed by atoms with Gasteiger partial charge in [-0.05, 0) is 49.3 Å². The fraction of sp³-hybridized carbons (Fsp3) is 0.520. The van der Waals surface area contributed by atoms with Crippen LogP contribution in [0, 0.1) is 5.92 Å². The number of carboxylic acids is 1. The van der Waals surface area contributed by atoms with Crippen LogP contribution in [-0.4, -0.2) is 81.2 Å². The van der Waals surface area contributed by atoms with Gasteiger partial charge in [-0.1, -0.05) is 32.0 Å². The summed E-state index contributed by atoms with van der Waals surface area (Å²) >= 11 is 1.45. The van der Waals surface area contributed by atoms with E-state index in [-0.39, 0.29) is 18.8 Å². The third kappa shape index (κ3) is 8.48. The van der Waals surface area contributed by atoms with Crippen LogP contribution in [0.5, 0.6) is 0 Å². The molecule has 5 atom stereocenters. The van der Waals surface area contributed by atoms with E-state index in [1.165, 1.54) is 18.7 Å². The number of amides is 3. The van der Waals surface area contributed by atoms with Crippen molar-refractivity contribution in [3.63, 3.8) is 0 Å². The number of nitrogens with one attached hydrogen (secondary N) is 4. The smallest absolute Gasteiger partial charge is 0.326 e. The molecule has 0 aliphatic rings. The molecular formula is C25H37N5O6S. The van der Waals surface area contributed by atoms with Crippen molar-refractivity contribution in [2.45, 2.75) is 63.9 Å². The first-order valence-electron chi connectivity index (χ1n) is 12.1. The van der Waals surface area contributed by atoms with Crippen LogP contribution in [0.4, 0.5) is 0 Å². The lowest BCUT2D eigenvalue weighted by Gasteiger charge is -2.27. The van der Waals surface area contributed by atoms with Crippen LogP contribution in [0.1, 0.15) is 32.8 Å². The lowest BCUT2D eigenvalue weighted by molar-refractivity contribution is -0.143. The Hall–Kier alpha value is -3.09. The lowest BCUT2D eigenvalue weighted by atomic mass is 10.0. The summed E-state index contributed by atoms with van der Waals surface area (Å²) in [6.07, 6.45) is 2.75. The molecule has 1 aromatic carbocycles. The van der Waals surface area contributed by atoms with Crippen LogP contribution in [0.2, 0.25) is 0 Å². The number of carbonyl (C=O) groups is 4. The van der Waals surface area contributed by atoms with Gasteiger partial charge in [-0.3, -0.25) is 14.4 Å². The second kappa shape index (κ2) is 14.0. The van der Waals surface area contributed by atoms with E-state index in [0.717, 1.165) is 16.5 Å². The predicted octanol–water partition coefficient (Wildman–Crippen LogP) is 0.367. The number of aromatic nitrogens is 1. The highest BCUT2D eigenvalue weighted by Crippen LogP contribution is 2.19. The Balaban J connectivity index is 2.09. The Bertz CT molecular complexity index is 1090. The second-order valence-corrected chi connectivity index (χ2v) is 10.3. The third-order valence-electron chi connectivity index (χ3n) is 5.99. The zero-order chi connectivity index (χ0) is 27.7. The Labute approximate surface area is 220 Å². The molecule has 0 spiro atoms. The van der Waals surface area contributed by atoms with Crippen LogP contribution < -0.4 is 21.7 Å². The molecule has 8 N–H and O–H groups in total. The number of rotatable bonds is 14. The number of carbonyl (C=O) groups excluding carboxylic acids is 3. The Kier molecular flexibility index (Phi) is 11.4. The predicted molar refractivity (Wildman–Crippen MR) is 143 cm³/mol. The number of aromatic amines is 1. The number of aliphatic carboxylic acids is 1. The average molecular weight is 536 g/mol. The molecule has 0 aliphatic carbocycles. The molecule has 0 saturated heterocycles. The number of carboxylic acid groups (broad SMARTS) is 1. The fourth-order valence-electron chi connectivity index (χ4n) is 3.83. The number of H-pyrrole nitrogens is 1. The molecule has 0 radical (unpaired) electrons. The van der Waals surface area contributed by atoms with Crippen molar-refractivity contribution in [3.05, 3.63) is 36.0 Å². The van der Waals surface area contributed by atoms with Crippen molar-refractivity contribution in [1.82, 2.24) is 20.9 Å². The maximum atomic E-state index is 13.0. The van der Waals surface area contributed by atoms with Crippen molar-refractivity contribution in [2.75, 3.05) is 12.0 Å². The summed E-state index contributed by atoms with van der Waals surface area (Å²) in [5, 5.41) is 28.1. The highest BCUT2D eigenvalue weighted by molar-refractivity contribution is 7.98. The third-order valence-corrected chi connectivity index (χ3v) is 6.63. The summed E-state index contributed by atoms with van der Waals surface area (Å²) in [7, 11) is 0. The van der Waals surface area contributed by atoms with E-state index in [2.05, 4.69) is 20.9 Å². The molecule has 1 aromatic heterocycles. The van der Waals surface area contributed by atoms with Crippen LogP contribution in [0.15, 0.2) is 30.5 Å². The van der Waals surface area contributed by atoms with Gasteiger partial charge in [0.2, 0.25) is 17.7 Å². The van der Waals surface area contributed by atoms with Gasteiger partial charge in [0, 0.05) is 17.1 Å². The number of nitrogens with two attached hydrogens (primary N) is 1. The second-order valence-electron chi connectivity index (χ2n) is 9.31. The van der Waals surface area contributed by atoms with Gasteiger partial charge >= 0.3 is 5.97 Å². The Morgan fingerprint density at radius 3 is 2.24 bits per heavy atom. The number of aliphatic hydroxyl groups is 1. The number of benzene rings is 1. The Morgan fingerprint density at radius 1 is 1.00 bits per heavy atom. The maximum absolute atomic E-state index is 13.0.